The van der Waals surface area contributed by atoms with Gasteiger partial charge in [0.2, 0.25) is 0 Å². The van der Waals surface area contributed by atoms with Gasteiger partial charge in [-0.25, -0.2) is 0 Å². The van der Waals surface area contributed by atoms with E-state index < -0.39 is 11.7 Å². The first-order chi connectivity index (χ1) is 13.8. The van der Waals surface area contributed by atoms with Gasteiger partial charge in [0.25, 0.3) is 5.90 Å². The minimum Gasteiger partial charge on any atom is -0.477 e. The maximum atomic E-state index is 12.9. The van der Waals surface area contributed by atoms with Gasteiger partial charge in [-0.1, -0.05) is 41.6 Å². The number of hydrogen-bond donors (Lipinski definition) is 1. The van der Waals surface area contributed by atoms with E-state index in [0.717, 1.165) is 12.1 Å². The lowest BCUT2D eigenvalue weighted by molar-refractivity contribution is -0.137. The Labute approximate surface area is 166 Å². The van der Waals surface area contributed by atoms with Crippen LogP contribution in [0.5, 0.6) is 0 Å². The van der Waals surface area contributed by atoms with Gasteiger partial charge in [-0.2, -0.15) is 13.2 Å². The first-order valence-corrected chi connectivity index (χ1v) is 8.47. The van der Waals surface area contributed by atoms with Crippen LogP contribution in [-0.2, 0) is 22.4 Å². The largest absolute Gasteiger partial charge is 0.477 e. The quantitative estimate of drug-likeness (QED) is 0.332. The molecule has 6 nitrogen and oxygen atoms in total. The van der Waals surface area contributed by atoms with Crippen molar-refractivity contribution < 1.29 is 28.0 Å². The molecule has 0 unspecified atom stereocenters. The van der Waals surface area contributed by atoms with Gasteiger partial charge < -0.3 is 14.8 Å². The zero-order valence-electron chi connectivity index (χ0n) is 16.1. The summed E-state index contributed by atoms with van der Waals surface area (Å²) < 4.78 is 43.6. The van der Waals surface area contributed by atoms with Crippen molar-refractivity contribution in [2.45, 2.75) is 19.7 Å². The maximum Gasteiger partial charge on any atom is 0.416 e. The first kappa shape index (κ1) is 21.9. The Bertz CT molecular complexity index is 938. The van der Waals surface area contributed by atoms with Gasteiger partial charge in [-0.15, -0.1) is 0 Å². The highest BCUT2D eigenvalue weighted by atomic mass is 19.4. The third-order valence-electron chi connectivity index (χ3n) is 4.01. The summed E-state index contributed by atoms with van der Waals surface area (Å²) in [5.74, 6) is -0.0661. The van der Waals surface area contributed by atoms with Crippen LogP contribution < -0.4 is 0 Å². The molecule has 0 aliphatic carbocycles. The summed E-state index contributed by atoms with van der Waals surface area (Å²) in [4.78, 5) is 9.44. The Morgan fingerprint density at radius 3 is 2.45 bits per heavy atom. The second kappa shape index (κ2) is 9.72. The molecule has 29 heavy (non-hydrogen) atoms. The third kappa shape index (κ3) is 5.56. The molecule has 154 valence electrons. The van der Waals surface area contributed by atoms with Gasteiger partial charge in [0.1, 0.15) is 12.3 Å². The smallest absolute Gasteiger partial charge is 0.416 e. The van der Waals surface area contributed by atoms with Crippen molar-refractivity contribution in [3.8, 4) is 0 Å². The molecule has 2 rings (SSSR count). The molecule has 0 atom stereocenters. The standard InChI is InChI=1S/C20H20F3N3O3/c1-13(14-8-6-9-16(11-14)20(21,22)23)26-29-12-15-7-4-5-10-17(15)18(24-2)19(25-27)28-3/h4-11,27H,12H2,1-3H3/b24-18?,25-19+,26-13-. The van der Waals surface area contributed by atoms with Crippen molar-refractivity contribution in [1.29, 1.82) is 0 Å². The van der Waals surface area contributed by atoms with Gasteiger partial charge in [-0.05, 0) is 29.8 Å². The van der Waals surface area contributed by atoms with Crippen molar-refractivity contribution in [2.75, 3.05) is 14.2 Å². The minimum absolute atomic E-state index is 0.0217. The summed E-state index contributed by atoms with van der Waals surface area (Å²) in [5.41, 5.74) is 1.44. The van der Waals surface area contributed by atoms with E-state index in [2.05, 4.69) is 15.3 Å². The molecule has 0 saturated heterocycles. The van der Waals surface area contributed by atoms with Gasteiger partial charge in [0.15, 0.2) is 0 Å². The predicted octanol–water partition coefficient (Wildman–Crippen LogP) is 4.50. The Kier molecular flexibility index (Phi) is 7.35. The topological polar surface area (TPSA) is 75.8 Å². The summed E-state index contributed by atoms with van der Waals surface area (Å²) in [5, 5.41) is 16.1. The third-order valence-corrected chi connectivity index (χ3v) is 4.01. The number of oxime groups is 2. The van der Waals surface area contributed by atoms with Crippen molar-refractivity contribution >= 4 is 17.3 Å². The van der Waals surface area contributed by atoms with E-state index in [-0.39, 0.29) is 12.5 Å². The van der Waals surface area contributed by atoms with Crippen LogP contribution >= 0.6 is 0 Å². The van der Waals surface area contributed by atoms with Gasteiger partial charge >= 0.3 is 6.18 Å². The lowest BCUT2D eigenvalue weighted by Crippen LogP contribution is -2.19. The van der Waals surface area contributed by atoms with E-state index in [4.69, 9.17) is 14.8 Å². The van der Waals surface area contributed by atoms with E-state index in [1.165, 1.54) is 26.3 Å². The van der Waals surface area contributed by atoms with Crippen molar-refractivity contribution in [3.05, 3.63) is 70.8 Å². The van der Waals surface area contributed by atoms with Crippen LogP contribution in [0.2, 0.25) is 0 Å². The first-order valence-electron chi connectivity index (χ1n) is 8.47. The molecule has 0 radical (unpaired) electrons. The number of hydrogen-bond acceptors (Lipinski definition) is 6. The molecule has 0 spiro atoms. The second-order valence-corrected chi connectivity index (χ2v) is 5.87. The molecule has 2 aromatic carbocycles. The molecule has 0 aliphatic heterocycles. The van der Waals surface area contributed by atoms with Crippen molar-refractivity contribution in [1.82, 2.24) is 0 Å². The zero-order chi connectivity index (χ0) is 21.4. The van der Waals surface area contributed by atoms with E-state index in [1.54, 1.807) is 31.2 Å². The number of benzene rings is 2. The summed E-state index contributed by atoms with van der Waals surface area (Å²) in [7, 11) is 2.87. The molecular formula is C20H20F3N3O3. The molecule has 0 aliphatic rings. The number of methoxy groups -OCH3 is 1. The van der Waals surface area contributed by atoms with Crippen LogP contribution in [-0.4, -0.2) is 36.7 Å². The maximum absolute atomic E-state index is 12.9. The van der Waals surface area contributed by atoms with Crippen LogP contribution in [0.1, 0.15) is 29.2 Å². The van der Waals surface area contributed by atoms with Crippen LogP contribution in [0.25, 0.3) is 0 Å². The molecule has 0 saturated carbocycles. The monoisotopic (exact) mass is 407 g/mol. The molecule has 0 heterocycles. The number of rotatable bonds is 6. The van der Waals surface area contributed by atoms with E-state index in [0.29, 0.717) is 28.1 Å². The molecule has 0 fully saturated rings. The lowest BCUT2D eigenvalue weighted by Gasteiger charge is -2.12. The Balaban J connectivity index is 2.21. The van der Waals surface area contributed by atoms with E-state index >= 15 is 0 Å². The Morgan fingerprint density at radius 1 is 1.10 bits per heavy atom. The number of halogens is 3. The predicted molar refractivity (Wildman–Crippen MR) is 104 cm³/mol. The molecular weight excluding hydrogens is 387 g/mol. The van der Waals surface area contributed by atoms with Gasteiger partial charge in [-0.3, -0.25) is 4.99 Å². The summed E-state index contributed by atoms with van der Waals surface area (Å²) in [6.07, 6.45) is -4.43. The molecule has 2 aromatic rings. The summed E-state index contributed by atoms with van der Waals surface area (Å²) >= 11 is 0. The fraction of sp³-hybridized carbons (Fsp3) is 0.250. The van der Waals surface area contributed by atoms with Crippen molar-refractivity contribution in [2.24, 2.45) is 15.3 Å². The molecule has 1 N–H and O–H groups in total. The second-order valence-electron chi connectivity index (χ2n) is 5.87. The van der Waals surface area contributed by atoms with Crippen LogP contribution in [0, 0.1) is 0 Å². The SMILES string of the molecule is CN=C(/C(=N\O)OC)c1ccccc1CO/N=C(/C)c1cccc(C(F)(F)F)c1. The summed E-state index contributed by atoms with van der Waals surface area (Å²) in [6.45, 7) is 1.58. The molecule has 9 heteroatoms. The van der Waals surface area contributed by atoms with Crippen LogP contribution in [0.15, 0.2) is 63.8 Å². The Morgan fingerprint density at radius 2 is 1.83 bits per heavy atom. The van der Waals surface area contributed by atoms with Gasteiger partial charge in [0.05, 0.1) is 18.4 Å². The zero-order valence-corrected chi connectivity index (χ0v) is 16.1. The fourth-order valence-corrected chi connectivity index (χ4v) is 2.57. The normalized spacial score (nSPS) is 13.4. The van der Waals surface area contributed by atoms with E-state index in [9.17, 15) is 13.2 Å². The molecule has 0 amide bonds. The number of alkyl halides is 3. The Hall–Kier alpha value is -3.36. The highest BCUT2D eigenvalue weighted by Gasteiger charge is 2.30. The van der Waals surface area contributed by atoms with E-state index in [1.807, 2.05) is 0 Å². The lowest BCUT2D eigenvalue weighted by atomic mass is 10.0. The minimum atomic E-state index is -4.43. The van der Waals surface area contributed by atoms with Gasteiger partial charge in [0, 0.05) is 18.2 Å². The summed E-state index contributed by atoms with van der Waals surface area (Å²) in [6, 6.07) is 11.9. The molecule has 0 aromatic heterocycles. The average molecular weight is 407 g/mol. The molecule has 0 bridgehead atoms. The number of nitrogens with zero attached hydrogens (tertiary/aromatic N) is 3. The van der Waals surface area contributed by atoms with Crippen molar-refractivity contribution in [3.63, 3.8) is 0 Å². The number of aliphatic imine (C=N–C) groups is 1. The van der Waals surface area contributed by atoms with Crippen LogP contribution in [0.4, 0.5) is 13.2 Å². The van der Waals surface area contributed by atoms with Crippen LogP contribution in [0.3, 0.4) is 0 Å². The average Bonchev–Trinajstić information content (AvgIpc) is 2.72. The number of ether oxygens (including phenoxy) is 1. The highest BCUT2D eigenvalue weighted by Crippen LogP contribution is 2.29. The highest BCUT2D eigenvalue weighted by molar-refractivity contribution is 6.45. The fourth-order valence-electron chi connectivity index (χ4n) is 2.57.